The molecular weight excluding hydrogens is 220 g/mol. The van der Waals surface area contributed by atoms with Crippen LogP contribution in [0.25, 0.3) is 0 Å². The van der Waals surface area contributed by atoms with Gasteiger partial charge in [0.1, 0.15) is 0 Å². The highest BCUT2D eigenvalue weighted by Gasteiger charge is 2.38. The Kier molecular flexibility index (Phi) is 4.71. The Balaban J connectivity index is 2.00. The van der Waals surface area contributed by atoms with Crippen molar-refractivity contribution < 1.29 is 0 Å². The zero-order chi connectivity index (χ0) is 13.2. The van der Waals surface area contributed by atoms with E-state index < -0.39 is 0 Å². The van der Waals surface area contributed by atoms with Gasteiger partial charge in [0.15, 0.2) is 0 Å². The van der Waals surface area contributed by atoms with Crippen LogP contribution < -0.4 is 5.73 Å². The van der Waals surface area contributed by atoms with Gasteiger partial charge in [-0.05, 0) is 62.9 Å². The maximum atomic E-state index is 5.80. The second kappa shape index (κ2) is 5.92. The molecule has 1 saturated heterocycles. The summed E-state index contributed by atoms with van der Waals surface area (Å²) < 4.78 is 0. The number of piperidine rings is 1. The van der Waals surface area contributed by atoms with E-state index in [1.165, 1.54) is 51.5 Å². The van der Waals surface area contributed by atoms with E-state index in [1.54, 1.807) is 0 Å². The number of hydrogen-bond donors (Lipinski definition) is 1. The first-order valence-electron chi connectivity index (χ1n) is 7.99. The Bertz CT molecular complexity index is 260. The highest BCUT2D eigenvalue weighted by atomic mass is 15.2. The molecule has 1 aliphatic carbocycles. The molecule has 2 fully saturated rings. The molecule has 1 aliphatic heterocycles. The zero-order valence-corrected chi connectivity index (χ0v) is 12.6. The van der Waals surface area contributed by atoms with E-state index >= 15 is 0 Å². The molecule has 0 aromatic heterocycles. The number of nitrogens with two attached hydrogens (primary N) is 1. The number of hydrogen-bond acceptors (Lipinski definition) is 2. The van der Waals surface area contributed by atoms with E-state index in [4.69, 9.17) is 5.73 Å². The van der Waals surface area contributed by atoms with Crippen LogP contribution in [0.1, 0.15) is 65.7 Å². The van der Waals surface area contributed by atoms with E-state index in [0.29, 0.717) is 5.41 Å². The van der Waals surface area contributed by atoms with Gasteiger partial charge in [-0.3, -0.25) is 4.90 Å². The molecule has 2 nitrogen and oxygen atoms in total. The predicted molar refractivity (Wildman–Crippen MR) is 78.6 cm³/mol. The quantitative estimate of drug-likeness (QED) is 0.834. The van der Waals surface area contributed by atoms with Gasteiger partial charge in [-0.25, -0.2) is 0 Å². The van der Waals surface area contributed by atoms with Crippen molar-refractivity contribution >= 4 is 0 Å². The molecule has 0 spiro atoms. The summed E-state index contributed by atoms with van der Waals surface area (Å²) in [5.74, 6) is 0.854. The van der Waals surface area contributed by atoms with Crippen LogP contribution in [0.5, 0.6) is 0 Å². The molecule has 0 radical (unpaired) electrons. The summed E-state index contributed by atoms with van der Waals surface area (Å²) in [6, 6.07) is 1.60. The lowest BCUT2D eigenvalue weighted by atomic mass is 9.69. The van der Waals surface area contributed by atoms with Crippen LogP contribution in [0, 0.1) is 11.3 Å². The minimum Gasteiger partial charge on any atom is -0.330 e. The summed E-state index contributed by atoms with van der Waals surface area (Å²) in [7, 11) is 0. The predicted octanol–water partition coefficient (Wildman–Crippen LogP) is 3.40. The summed E-state index contributed by atoms with van der Waals surface area (Å²) in [6.07, 6.45) is 9.57. The van der Waals surface area contributed by atoms with Crippen molar-refractivity contribution in [3.63, 3.8) is 0 Å². The van der Waals surface area contributed by atoms with Gasteiger partial charge in [-0.15, -0.1) is 0 Å². The molecular formula is C16H32N2. The number of likely N-dealkylation sites (tertiary alicyclic amines) is 1. The minimum absolute atomic E-state index is 0.565. The Morgan fingerprint density at radius 3 is 2.67 bits per heavy atom. The van der Waals surface area contributed by atoms with Gasteiger partial charge in [-0.2, -0.15) is 0 Å². The van der Waals surface area contributed by atoms with Crippen LogP contribution in [0.15, 0.2) is 0 Å². The van der Waals surface area contributed by atoms with Crippen molar-refractivity contribution in [2.24, 2.45) is 17.1 Å². The average molecular weight is 252 g/mol. The number of nitrogens with zero attached hydrogens (tertiary/aromatic N) is 1. The molecule has 2 N–H and O–H groups in total. The standard InChI is InChI=1S/C16H32N2/c1-13-12-16(2,3)9-7-15(13)18-11-5-4-6-14(18)8-10-17/h13-15H,4-12,17H2,1-3H3. The fraction of sp³-hybridized carbons (Fsp3) is 1.00. The van der Waals surface area contributed by atoms with Crippen molar-refractivity contribution in [1.82, 2.24) is 4.90 Å². The molecule has 3 unspecified atom stereocenters. The smallest absolute Gasteiger partial charge is 0.0124 e. The highest BCUT2D eigenvalue weighted by Crippen LogP contribution is 2.42. The largest absolute Gasteiger partial charge is 0.330 e. The molecule has 18 heavy (non-hydrogen) atoms. The fourth-order valence-electron chi connectivity index (χ4n) is 4.39. The van der Waals surface area contributed by atoms with Crippen molar-refractivity contribution in [3.05, 3.63) is 0 Å². The third kappa shape index (κ3) is 3.27. The monoisotopic (exact) mass is 252 g/mol. The van der Waals surface area contributed by atoms with Gasteiger partial charge in [-0.1, -0.05) is 27.2 Å². The summed E-state index contributed by atoms with van der Waals surface area (Å²) in [6.45, 7) is 9.52. The molecule has 0 aromatic carbocycles. The van der Waals surface area contributed by atoms with Crippen LogP contribution in [0.4, 0.5) is 0 Å². The van der Waals surface area contributed by atoms with Gasteiger partial charge < -0.3 is 5.73 Å². The van der Waals surface area contributed by atoms with Gasteiger partial charge in [0.05, 0.1) is 0 Å². The van der Waals surface area contributed by atoms with E-state index in [0.717, 1.165) is 24.5 Å². The van der Waals surface area contributed by atoms with Crippen molar-refractivity contribution in [2.45, 2.75) is 77.8 Å². The van der Waals surface area contributed by atoms with E-state index in [9.17, 15) is 0 Å². The van der Waals surface area contributed by atoms with Gasteiger partial charge in [0.2, 0.25) is 0 Å². The molecule has 0 amide bonds. The molecule has 2 rings (SSSR count). The summed E-state index contributed by atoms with van der Waals surface area (Å²) in [5, 5.41) is 0. The van der Waals surface area contributed by atoms with Crippen LogP contribution in [0.3, 0.4) is 0 Å². The van der Waals surface area contributed by atoms with Gasteiger partial charge >= 0.3 is 0 Å². The summed E-state index contributed by atoms with van der Waals surface area (Å²) >= 11 is 0. The zero-order valence-electron chi connectivity index (χ0n) is 12.6. The third-order valence-corrected chi connectivity index (χ3v) is 5.25. The Morgan fingerprint density at radius 1 is 1.22 bits per heavy atom. The second-order valence-electron chi connectivity index (χ2n) is 7.42. The molecule has 1 heterocycles. The third-order valence-electron chi connectivity index (χ3n) is 5.25. The molecule has 0 bridgehead atoms. The summed E-state index contributed by atoms with van der Waals surface area (Å²) in [4.78, 5) is 2.83. The highest BCUT2D eigenvalue weighted by molar-refractivity contribution is 4.92. The van der Waals surface area contributed by atoms with Crippen molar-refractivity contribution in [1.29, 1.82) is 0 Å². The Labute approximate surface area is 113 Å². The molecule has 2 aliphatic rings. The fourth-order valence-corrected chi connectivity index (χ4v) is 4.39. The van der Waals surface area contributed by atoms with E-state index in [1.807, 2.05) is 0 Å². The average Bonchev–Trinajstić information content (AvgIpc) is 2.30. The first kappa shape index (κ1) is 14.3. The Hall–Kier alpha value is -0.0800. The van der Waals surface area contributed by atoms with E-state index in [-0.39, 0.29) is 0 Å². The van der Waals surface area contributed by atoms with E-state index in [2.05, 4.69) is 25.7 Å². The van der Waals surface area contributed by atoms with Crippen molar-refractivity contribution in [3.8, 4) is 0 Å². The Morgan fingerprint density at radius 2 is 2.00 bits per heavy atom. The van der Waals surface area contributed by atoms with Crippen molar-refractivity contribution in [2.75, 3.05) is 13.1 Å². The molecule has 3 atom stereocenters. The molecule has 2 heteroatoms. The normalized spacial score (nSPS) is 37.7. The molecule has 1 saturated carbocycles. The van der Waals surface area contributed by atoms with Gasteiger partial charge in [0, 0.05) is 12.1 Å². The lowest BCUT2D eigenvalue weighted by molar-refractivity contribution is 0.0122. The lowest BCUT2D eigenvalue weighted by Gasteiger charge is -2.49. The summed E-state index contributed by atoms with van der Waals surface area (Å²) in [5.41, 5.74) is 6.37. The lowest BCUT2D eigenvalue weighted by Crippen LogP contribution is -2.52. The first-order chi connectivity index (χ1) is 8.53. The molecule has 106 valence electrons. The van der Waals surface area contributed by atoms with Crippen LogP contribution in [0.2, 0.25) is 0 Å². The topological polar surface area (TPSA) is 29.3 Å². The maximum absolute atomic E-state index is 5.80. The van der Waals surface area contributed by atoms with Crippen LogP contribution >= 0.6 is 0 Å². The maximum Gasteiger partial charge on any atom is 0.0124 e. The second-order valence-corrected chi connectivity index (χ2v) is 7.42. The number of rotatable bonds is 3. The molecule has 0 aromatic rings. The SMILES string of the molecule is CC1CC(C)(C)CCC1N1CCCCC1CCN. The minimum atomic E-state index is 0.565. The van der Waals surface area contributed by atoms with Crippen LogP contribution in [-0.2, 0) is 0 Å². The van der Waals surface area contributed by atoms with Gasteiger partial charge in [0.25, 0.3) is 0 Å². The van der Waals surface area contributed by atoms with Crippen LogP contribution in [-0.4, -0.2) is 30.1 Å². The first-order valence-corrected chi connectivity index (χ1v) is 7.99.